The molecule has 0 bridgehead atoms. The molecule has 1 aromatic carbocycles. The lowest BCUT2D eigenvalue weighted by Crippen LogP contribution is -2.10. The number of aromatic nitrogens is 4. The van der Waals surface area contributed by atoms with Crippen molar-refractivity contribution in [3.8, 4) is 10.6 Å². The molecular formula is C17H21N5OS. The van der Waals surface area contributed by atoms with Gasteiger partial charge in [-0.15, -0.1) is 10.2 Å². The van der Waals surface area contributed by atoms with E-state index in [4.69, 9.17) is 0 Å². The van der Waals surface area contributed by atoms with E-state index < -0.39 is 0 Å². The van der Waals surface area contributed by atoms with Crippen molar-refractivity contribution in [2.45, 2.75) is 46.0 Å². The van der Waals surface area contributed by atoms with Crippen LogP contribution in [0.5, 0.6) is 0 Å². The molecule has 0 spiro atoms. The predicted octanol–water partition coefficient (Wildman–Crippen LogP) is 3.93. The third kappa shape index (κ3) is 3.62. The first kappa shape index (κ1) is 16.6. The Balaban J connectivity index is 1.76. The number of nitrogens with zero attached hydrogens (tertiary/aromatic N) is 4. The van der Waals surface area contributed by atoms with Gasteiger partial charge in [-0.25, -0.2) is 0 Å². The van der Waals surface area contributed by atoms with Crippen LogP contribution in [0.1, 0.15) is 45.4 Å². The second-order valence-electron chi connectivity index (χ2n) is 5.66. The zero-order chi connectivity index (χ0) is 16.9. The molecule has 1 amide bonds. The zero-order valence-electron chi connectivity index (χ0n) is 14.0. The quantitative estimate of drug-likeness (QED) is 0.660. The van der Waals surface area contributed by atoms with Gasteiger partial charge in [0.2, 0.25) is 10.9 Å². The molecule has 2 heterocycles. The maximum absolute atomic E-state index is 12.0. The van der Waals surface area contributed by atoms with Gasteiger partial charge in [-0.1, -0.05) is 50.2 Å². The van der Waals surface area contributed by atoms with Crippen molar-refractivity contribution in [1.82, 2.24) is 19.8 Å². The fourth-order valence-electron chi connectivity index (χ4n) is 2.48. The summed E-state index contributed by atoms with van der Waals surface area (Å²) in [5, 5.41) is 16.7. The number of benzene rings is 1. The molecule has 2 aromatic heterocycles. The highest BCUT2D eigenvalue weighted by atomic mass is 32.1. The molecule has 0 aliphatic heterocycles. The summed E-state index contributed by atoms with van der Waals surface area (Å²) in [5.41, 5.74) is 1.77. The largest absolute Gasteiger partial charge is 0.326 e. The Morgan fingerprint density at radius 1 is 1.25 bits per heavy atom. The van der Waals surface area contributed by atoms with Crippen LogP contribution in [0.2, 0.25) is 0 Å². The predicted molar refractivity (Wildman–Crippen MR) is 96.2 cm³/mol. The van der Waals surface area contributed by atoms with Gasteiger partial charge in [-0.2, -0.15) is 9.61 Å². The molecule has 3 aromatic rings. The van der Waals surface area contributed by atoms with Crippen LogP contribution < -0.4 is 5.32 Å². The van der Waals surface area contributed by atoms with E-state index in [2.05, 4.69) is 27.5 Å². The van der Waals surface area contributed by atoms with Gasteiger partial charge in [0.1, 0.15) is 5.01 Å². The first-order valence-corrected chi connectivity index (χ1v) is 9.14. The third-order valence-electron chi connectivity index (χ3n) is 3.77. The van der Waals surface area contributed by atoms with Crippen molar-refractivity contribution >= 4 is 27.9 Å². The Morgan fingerprint density at radius 3 is 2.92 bits per heavy atom. The van der Waals surface area contributed by atoms with Crippen LogP contribution in [-0.2, 0) is 11.2 Å². The zero-order valence-corrected chi connectivity index (χ0v) is 14.8. The molecule has 7 heteroatoms. The normalized spacial score (nSPS) is 11.1. The van der Waals surface area contributed by atoms with Gasteiger partial charge in [0, 0.05) is 24.1 Å². The van der Waals surface area contributed by atoms with Crippen molar-refractivity contribution in [3.05, 3.63) is 30.1 Å². The molecule has 6 nitrogen and oxygen atoms in total. The number of aryl methyl sites for hydroxylation is 1. The lowest BCUT2D eigenvalue weighted by atomic mass is 10.2. The SMILES string of the molecule is CCCCCC(=O)Nc1cccc(-c2nn3c(CC)nnc3s2)c1. The molecule has 0 saturated heterocycles. The molecule has 3 rings (SSSR count). The first-order valence-electron chi connectivity index (χ1n) is 8.32. The summed E-state index contributed by atoms with van der Waals surface area (Å²) in [7, 11) is 0. The number of nitrogens with one attached hydrogen (secondary N) is 1. The van der Waals surface area contributed by atoms with E-state index in [9.17, 15) is 4.79 Å². The van der Waals surface area contributed by atoms with Crippen molar-refractivity contribution in [2.24, 2.45) is 0 Å². The number of fused-ring (bicyclic) bond motifs is 1. The summed E-state index contributed by atoms with van der Waals surface area (Å²) in [4.78, 5) is 12.8. The average molecular weight is 343 g/mol. The molecular weight excluding hydrogens is 322 g/mol. The molecule has 24 heavy (non-hydrogen) atoms. The van der Waals surface area contributed by atoms with E-state index >= 15 is 0 Å². The number of rotatable bonds is 7. The Kier molecular flexibility index (Phi) is 5.20. The smallest absolute Gasteiger partial charge is 0.234 e. The van der Waals surface area contributed by atoms with Gasteiger partial charge >= 0.3 is 0 Å². The molecule has 0 atom stereocenters. The van der Waals surface area contributed by atoms with Crippen LogP contribution >= 0.6 is 11.3 Å². The minimum atomic E-state index is 0.0620. The highest BCUT2D eigenvalue weighted by Crippen LogP contribution is 2.27. The number of hydrogen-bond acceptors (Lipinski definition) is 5. The van der Waals surface area contributed by atoms with E-state index in [0.717, 1.165) is 52.7 Å². The van der Waals surface area contributed by atoms with Crippen LogP contribution in [-0.4, -0.2) is 25.7 Å². The topological polar surface area (TPSA) is 72.2 Å². The Morgan fingerprint density at radius 2 is 2.12 bits per heavy atom. The lowest BCUT2D eigenvalue weighted by molar-refractivity contribution is -0.116. The molecule has 0 fully saturated rings. The maximum atomic E-state index is 12.0. The third-order valence-corrected chi connectivity index (χ3v) is 4.72. The summed E-state index contributed by atoms with van der Waals surface area (Å²) >= 11 is 1.50. The van der Waals surface area contributed by atoms with Gasteiger partial charge in [0.15, 0.2) is 5.82 Å². The van der Waals surface area contributed by atoms with Gasteiger partial charge in [0.25, 0.3) is 0 Å². The second kappa shape index (κ2) is 7.53. The lowest BCUT2D eigenvalue weighted by Gasteiger charge is -2.06. The van der Waals surface area contributed by atoms with E-state index in [1.54, 1.807) is 4.52 Å². The first-order chi connectivity index (χ1) is 11.7. The van der Waals surface area contributed by atoms with Crippen LogP contribution in [0.3, 0.4) is 0 Å². The average Bonchev–Trinajstić information content (AvgIpc) is 3.15. The number of carbonyl (C=O) groups is 1. The molecule has 0 radical (unpaired) electrons. The van der Waals surface area contributed by atoms with E-state index in [1.807, 2.05) is 31.2 Å². The van der Waals surface area contributed by atoms with E-state index in [1.165, 1.54) is 11.3 Å². The van der Waals surface area contributed by atoms with Crippen LogP contribution in [0.4, 0.5) is 5.69 Å². The number of carbonyl (C=O) groups excluding carboxylic acids is 1. The summed E-state index contributed by atoms with van der Waals surface area (Å²) in [5.74, 6) is 0.917. The molecule has 126 valence electrons. The highest BCUT2D eigenvalue weighted by Gasteiger charge is 2.12. The number of hydrogen-bond donors (Lipinski definition) is 1. The monoisotopic (exact) mass is 343 g/mol. The second-order valence-corrected chi connectivity index (χ2v) is 6.61. The number of unbranched alkanes of at least 4 members (excludes halogenated alkanes) is 2. The Hall–Kier alpha value is -2.28. The van der Waals surface area contributed by atoms with Gasteiger partial charge in [0.05, 0.1) is 0 Å². The Labute approximate surface area is 144 Å². The van der Waals surface area contributed by atoms with Crippen molar-refractivity contribution in [3.63, 3.8) is 0 Å². The van der Waals surface area contributed by atoms with Gasteiger partial charge in [-0.3, -0.25) is 4.79 Å². The standard InChI is InChI=1S/C17H21N5OS/c1-3-5-6-10-15(23)18-13-9-7-8-12(11-13)16-21-22-14(4-2)19-20-17(22)24-16/h7-9,11H,3-6,10H2,1-2H3,(H,18,23). The van der Waals surface area contributed by atoms with E-state index in [-0.39, 0.29) is 5.91 Å². The number of anilines is 1. The van der Waals surface area contributed by atoms with Gasteiger partial charge in [-0.05, 0) is 18.6 Å². The minimum absolute atomic E-state index is 0.0620. The molecule has 0 aliphatic rings. The molecule has 0 unspecified atom stereocenters. The van der Waals surface area contributed by atoms with Crippen LogP contribution in [0.15, 0.2) is 24.3 Å². The van der Waals surface area contributed by atoms with Crippen LogP contribution in [0, 0.1) is 0 Å². The molecule has 1 N–H and O–H groups in total. The summed E-state index contributed by atoms with van der Waals surface area (Å²) in [6.45, 7) is 4.16. The van der Waals surface area contributed by atoms with Crippen molar-refractivity contribution in [2.75, 3.05) is 5.32 Å². The molecule has 0 saturated carbocycles. The van der Waals surface area contributed by atoms with Gasteiger partial charge < -0.3 is 5.32 Å². The van der Waals surface area contributed by atoms with E-state index in [0.29, 0.717) is 6.42 Å². The van der Waals surface area contributed by atoms with Crippen molar-refractivity contribution < 1.29 is 4.79 Å². The summed E-state index contributed by atoms with van der Waals surface area (Å²) in [6, 6.07) is 7.78. The van der Waals surface area contributed by atoms with Crippen molar-refractivity contribution in [1.29, 1.82) is 0 Å². The fourth-order valence-corrected chi connectivity index (χ4v) is 3.34. The van der Waals surface area contributed by atoms with Crippen LogP contribution in [0.25, 0.3) is 15.5 Å². The Bertz CT molecular complexity index is 838. The maximum Gasteiger partial charge on any atom is 0.234 e. The minimum Gasteiger partial charge on any atom is -0.326 e. The fraction of sp³-hybridized carbons (Fsp3) is 0.412. The number of amides is 1. The summed E-state index contributed by atoms with van der Waals surface area (Å²) in [6.07, 6.45) is 4.48. The molecule has 0 aliphatic carbocycles. The highest BCUT2D eigenvalue weighted by molar-refractivity contribution is 7.19. The summed E-state index contributed by atoms with van der Waals surface area (Å²) < 4.78 is 1.79.